The van der Waals surface area contributed by atoms with Gasteiger partial charge in [-0.3, -0.25) is 10.4 Å². The third-order valence-electron chi connectivity index (χ3n) is 1.43. The van der Waals surface area contributed by atoms with Crippen LogP contribution in [0.5, 0.6) is 0 Å². The van der Waals surface area contributed by atoms with Crippen LogP contribution in [-0.2, 0) is 0 Å². The fourth-order valence-corrected chi connectivity index (χ4v) is 0.958. The molecule has 0 unspecified atom stereocenters. The van der Waals surface area contributed by atoms with E-state index in [2.05, 4.69) is 10.4 Å². The summed E-state index contributed by atoms with van der Waals surface area (Å²) in [6, 6.07) is 0. The van der Waals surface area contributed by atoms with Crippen LogP contribution in [0.4, 0.5) is 0 Å². The molecule has 58 valence electrons. The fraction of sp³-hybridized carbons (Fsp3) is 0.800. The molecule has 1 rings (SSSR count). The van der Waals surface area contributed by atoms with Gasteiger partial charge < -0.3 is 10.0 Å². The van der Waals surface area contributed by atoms with Gasteiger partial charge in [-0.15, -0.1) is 0 Å². The number of hydrogen-bond donors (Lipinski definition) is 3. The Morgan fingerprint density at radius 3 is 3.20 bits per heavy atom. The highest BCUT2D eigenvalue weighted by Gasteiger charge is 2.13. The maximum Gasteiger partial charge on any atom is 0.208 e. The lowest BCUT2D eigenvalue weighted by Gasteiger charge is -2.17. The lowest BCUT2D eigenvalue weighted by atomic mass is 10.5. The highest BCUT2D eigenvalue weighted by Crippen LogP contribution is 1.96. The van der Waals surface area contributed by atoms with Gasteiger partial charge >= 0.3 is 0 Å². The number of nitrogens with one attached hydrogen (secondary N) is 1. The molecule has 10 heavy (non-hydrogen) atoms. The topological polar surface area (TPSA) is 73.9 Å². The van der Waals surface area contributed by atoms with Crippen LogP contribution >= 0.6 is 0 Å². The van der Waals surface area contributed by atoms with Crippen LogP contribution in [0.1, 0.15) is 0 Å². The van der Waals surface area contributed by atoms with Crippen LogP contribution < -0.4 is 11.3 Å². The Kier molecular flexibility index (Phi) is 2.47. The second-order valence-corrected chi connectivity index (χ2v) is 2.06. The Morgan fingerprint density at radius 1 is 1.80 bits per heavy atom. The smallest absolute Gasteiger partial charge is 0.208 e. The zero-order valence-corrected chi connectivity index (χ0v) is 5.75. The number of guanidine groups is 1. The highest BCUT2D eigenvalue weighted by atomic mass is 16.3. The van der Waals surface area contributed by atoms with E-state index in [-0.39, 0.29) is 6.61 Å². The van der Waals surface area contributed by atoms with Crippen molar-refractivity contribution < 1.29 is 5.11 Å². The Bertz CT molecular complexity index is 136. The summed E-state index contributed by atoms with van der Waals surface area (Å²) < 4.78 is 0. The second-order valence-electron chi connectivity index (χ2n) is 2.06. The number of nitrogens with zero attached hydrogens (tertiary/aromatic N) is 2. The maximum absolute atomic E-state index is 8.57. The summed E-state index contributed by atoms with van der Waals surface area (Å²) >= 11 is 0. The van der Waals surface area contributed by atoms with E-state index in [9.17, 15) is 0 Å². The van der Waals surface area contributed by atoms with E-state index in [4.69, 9.17) is 10.9 Å². The first-order valence-electron chi connectivity index (χ1n) is 3.25. The Morgan fingerprint density at radius 2 is 2.60 bits per heavy atom. The normalized spacial score (nSPS) is 17.4. The molecular formula is C5H12N4O. The molecule has 1 aliphatic rings. The van der Waals surface area contributed by atoms with Gasteiger partial charge in [0, 0.05) is 13.1 Å². The van der Waals surface area contributed by atoms with E-state index in [1.807, 2.05) is 4.90 Å². The lowest BCUT2D eigenvalue weighted by Crippen LogP contribution is -2.43. The first-order valence-corrected chi connectivity index (χ1v) is 3.25. The van der Waals surface area contributed by atoms with Crippen molar-refractivity contribution in [3.63, 3.8) is 0 Å². The van der Waals surface area contributed by atoms with Crippen molar-refractivity contribution in [1.29, 1.82) is 0 Å². The molecule has 1 aliphatic heterocycles. The van der Waals surface area contributed by atoms with Crippen LogP contribution in [0.15, 0.2) is 4.99 Å². The summed E-state index contributed by atoms with van der Waals surface area (Å²) in [5.74, 6) is 5.83. The minimum absolute atomic E-state index is 0.140. The monoisotopic (exact) mass is 144 g/mol. The van der Waals surface area contributed by atoms with Gasteiger partial charge in [0.15, 0.2) is 0 Å². The van der Waals surface area contributed by atoms with E-state index in [1.165, 1.54) is 0 Å². The predicted molar refractivity (Wildman–Crippen MR) is 38.3 cm³/mol. The molecule has 0 spiro atoms. The molecular weight excluding hydrogens is 132 g/mol. The van der Waals surface area contributed by atoms with Gasteiger partial charge in [-0.1, -0.05) is 0 Å². The molecule has 0 aromatic rings. The molecule has 0 saturated heterocycles. The Hall–Kier alpha value is -0.810. The van der Waals surface area contributed by atoms with E-state index < -0.39 is 0 Å². The molecule has 0 aromatic carbocycles. The van der Waals surface area contributed by atoms with E-state index in [1.54, 1.807) is 0 Å². The molecule has 0 aromatic heterocycles. The second kappa shape index (κ2) is 3.38. The van der Waals surface area contributed by atoms with Gasteiger partial charge in [-0.2, -0.15) is 0 Å². The third kappa shape index (κ3) is 1.37. The molecule has 0 bridgehead atoms. The quantitative estimate of drug-likeness (QED) is 0.313. The summed E-state index contributed by atoms with van der Waals surface area (Å²) in [4.78, 5) is 5.95. The van der Waals surface area contributed by atoms with Crippen molar-refractivity contribution in [2.24, 2.45) is 10.8 Å². The van der Waals surface area contributed by atoms with Crippen molar-refractivity contribution >= 4 is 5.96 Å². The van der Waals surface area contributed by atoms with Gasteiger partial charge in [0.05, 0.1) is 13.2 Å². The van der Waals surface area contributed by atoms with Crippen molar-refractivity contribution in [1.82, 2.24) is 10.3 Å². The van der Waals surface area contributed by atoms with Crippen LogP contribution in [0, 0.1) is 0 Å². The minimum atomic E-state index is 0.140. The molecule has 0 aliphatic carbocycles. The zero-order valence-electron chi connectivity index (χ0n) is 5.75. The molecule has 4 N–H and O–H groups in total. The van der Waals surface area contributed by atoms with Gasteiger partial charge in [-0.05, 0) is 0 Å². The average molecular weight is 144 g/mol. The summed E-state index contributed by atoms with van der Waals surface area (Å²) in [5, 5.41) is 8.57. The summed E-state index contributed by atoms with van der Waals surface area (Å²) in [6.45, 7) is 2.35. The number of hydrazine groups is 1. The van der Waals surface area contributed by atoms with E-state index in [0.717, 1.165) is 13.1 Å². The molecule has 0 fully saturated rings. The lowest BCUT2D eigenvalue weighted by molar-refractivity contribution is 0.254. The van der Waals surface area contributed by atoms with Gasteiger partial charge in [0.2, 0.25) is 5.96 Å². The number of hydrogen-bond acceptors (Lipinski definition) is 5. The summed E-state index contributed by atoms with van der Waals surface area (Å²) in [5.41, 5.74) is 2.46. The van der Waals surface area contributed by atoms with E-state index in [0.29, 0.717) is 12.5 Å². The molecule has 0 saturated carbocycles. The summed E-state index contributed by atoms with van der Waals surface area (Å²) in [6.07, 6.45) is 0. The van der Waals surface area contributed by atoms with Gasteiger partial charge in [0.1, 0.15) is 0 Å². The third-order valence-corrected chi connectivity index (χ3v) is 1.43. The van der Waals surface area contributed by atoms with Crippen molar-refractivity contribution in [3.05, 3.63) is 0 Å². The van der Waals surface area contributed by atoms with Crippen molar-refractivity contribution in [2.45, 2.75) is 0 Å². The van der Waals surface area contributed by atoms with Crippen LogP contribution in [-0.4, -0.2) is 42.2 Å². The minimum Gasteiger partial charge on any atom is -0.395 e. The van der Waals surface area contributed by atoms with Crippen LogP contribution in [0.3, 0.4) is 0 Å². The first-order chi connectivity index (χ1) is 4.88. The molecule has 0 amide bonds. The summed E-state index contributed by atoms with van der Waals surface area (Å²) in [7, 11) is 0. The fourth-order valence-electron chi connectivity index (χ4n) is 0.958. The first kappa shape index (κ1) is 7.30. The standard InChI is InChI=1S/C5H12N4O/c6-8-5-7-1-2-9(5)3-4-10/h10H,1-4,6H2,(H,7,8). The van der Waals surface area contributed by atoms with Crippen LogP contribution in [0.25, 0.3) is 0 Å². The number of aliphatic hydroxyl groups excluding tert-OH is 1. The zero-order chi connectivity index (χ0) is 7.40. The molecule has 5 heteroatoms. The van der Waals surface area contributed by atoms with Crippen LogP contribution in [0.2, 0.25) is 0 Å². The molecule has 0 atom stereocenters. The number of aliphatic imine (C=N–C) groups is 1. The maximum atomic E-state index is 8.57. The number of rotatable bonds is 2. The average Bonchev–Trinajstić information content (AvgIpc) is 2.36. The van der Waals surface area contributed by atoms with E-state index >= 15 is 0 Å². The Balaban J connectivity index is 2.38. The molecule has 0 radical (unpaired) electrons. The molecule has 5 nitrogen and oxygen atoms in total. The Labute approximate surface area is 59.5 Å². The predicted octanol–water partition coefficient (Wildman–Crippen LogP) is -1.89. The molecule has 1 heterocycles. The highest BCUT2D eigenvalue weighted by molar-refractivity contribution is 5.80. The van der Waals surface area contributed by atoms with Gasteiger partial charge in [0.25, 0.3) is 0 Å². The van der Waals surface area contributed by atoms with Crippen molar-refractivity contribution in [3.8, 4) is 0 Å². The van der Waals surface area contributed by atoms with Gasteiger partial charge in [-0.25, -0.2) is 5.84 Å². The number of β-amino-alcohol motifs (C(OH)–C–C–N with tert-alkyl or cyclic N) is 1. The largest absolute Gasteiger partial charge is 0.395 e. The van der Waals surface area contributed by atoms with Crippen molar-refractivity contribution in [2.75, 3.05) is 26.2 Å². The SMILES string of the molecule is NNC1=NCCN1CCO. The number of nitrogens with two attached hydrogens (primary N) is 1. The number of aliphatic hydroxyl groups is 1.